The van der Waals surface area contributed by atoms with E-state index in [0.717, 1.165) is 74.1 Å². The van der Waals surface area contributed by atoms with Crippen molar-refractivity contribution in [3.05, 3.63) is 59.2 Å². The molecule has 5 heteroatoms. The minimum atomic E-state index is -0.0726. The van der Waals surface area contributed by atoms with E-state index >= 15 is 0 Å². The van der Waals surface area contributed by atoms with Crippen LogP contribution in [0.2, 0.25) is 0 Å². The number of rotatable bonds is 13. The van der Waals surface area contributed by atoms with Crippen LogP contribution in [0.25, 0.3) is 0 Å². The second kappa shape index (κ2) is 13.7. The van der Waals surface area contributed by atoms with Crippen molar-refractivity contribution in [1.82, 2.24) is 15.3 Å². The zero-order valence-electron chi connectivity index (χ0n) is 21.7. The lowest BCUT2D eigenvalue weighted by atomic mass is 9.91. The van der Waals surface area contributed by atoms with Gasteiger partial charge in [-0.25, -0.2) is 9.40 Å². The van der Waals surface area contributed by atoms with Crippen molar-refractivity contribution in [3.63, 3.8) is 0 Å². The average molecular weight is 469 g/mol. The number of piperidine rings is 1. The summed E-state index contributed by atoms with van der Waals surface area (Å²) < 4.78 is 14.7. The number of benzene rings is 1. The molecule has 2 aliphatic rings. The number of hydrogen-bond donors (Lipinski definition) is 1. The van der Waals surface area contributed by atoms with E-state index in [1.54, 1.807) is 6.07 Å². The van der Waals surface area contributed by atoms with Gasteiger partial charge in [0, 0.05) is 57.8 Å². The number of halogens is 1. The fourth-order valence-electron chi connectivity index (χ4n) is 4.99. The highest BCUT2D eigenvalue weighted by molar-refractivity contribution is 5.77. The van der Waals surface area contributed by atoms with Crippen LogP contribution in [0.4, 0.5) is 4.39 Å². The highest BCUT2D eigenvalue weighted by atomic mass is 19.1. The normalized spacial score (nSPS) is 18.5. The third-order valence-corrected chi connectivity index (χ3v) is 7.57. The van der Waals surface area contributed by atoms with Gasteiger partial charge in [-0.2, -0.15) is 0 Å². The Morgan fingerprint density at radius 2 is 1.94 bits per heavy atom. The van der Waals surface area contributed by atoms with Crippen molar-refractivity contribution in [2.24, 2.45) is 16.8 Å². The van der Waals surface area contributed by atoms with Crippen LogP contribution in [0.5, 0.6) is 0 Å². The molecule has 0 bridgehead atoms. The van der Waals surface area contributed by atoms with Gasteiger partial charge in [-0.15, -0.1) is 0 Å². The molecule has 3 rings (SSSR count). The average Bonchev–Trinajstić information content (AvgIpc) is 2.81. The Labute approximate surface area is 207 Å². The van der Waals surface area contributed by atoms with E-state index in [9.17, 15) is 4.39 Å². The molecule has 2 aliphatic heterocycles. The summed E-state index contributed by atoms with van der Waals surface area (Å²) in [6, 6.07) is 5.83. The predicted octanol–water partition coefficient (Wildman–Crippen LogP) is 6.15. The number of hydrazine groups is 1. The summed E-state index contributed by atoms with van der Waals surface area (Å²) in [6.45, 7) is 12.9. The molecular weight excluding hydrogens is 423 g/mol. The Kier molecular flexibility index (Phi) is 10.6. The summed E-state index contributed by atoms with van der Waals surface area (Å²) in [4.78, 5) is 6.40. The highest BCUT2D eigenvalue weighted by Crippen LogP contribution is 2.26. The second-order valence-corrected chi connectivity index (χ2v) is 10.1. The van der Waals surface area contributed by atoms with Gasteiger partial charge in [-0.1, -0.05) is 45.4 Å². The molecule has 0 amide bonds. The second-order valence-electron chi connectivity index (χ2n) is 10.1. The van der Waals surface area contributed by atoms with E-state index < -0.39 is 0 Å². The summed E-state index contributed by atoms with van der Waals surface area (Å²) >= 11 is 0. The largest absolute Gasteiger partial charge is 0.374 e. The lowest BCUT2D eigenvalue weighted by molar-refractivity contribution is 0.137. The van der Waals surface area contributed by atoms with Crippen LogP contribution in [-0.2, 0) is 12.8 Å². The fraction of sp³-hybridized carbons (Fsp3) is 0.621. The minimum Gasteiger partial charge on any atom is -0.374 e. The lowest BCUT2D eigenvalue weighted by Gasteiger charge is -2.42. The molecule has 0 aromatic heterocycles. The molecule has 0 radical (unpaired) electrons. The predicted molar refractivity (Wildman–Crippen MR) is 142 cm³/mol. The molecule has 2 saturated heterocycles. The number of unbranched alkanes of at least 4 members (excludes halogenated alkanes) is 1. The first-order valence-electron chi connectivity index (χ1n) is 13.3. The SMILES string of the molecule is C=C(Cc1ccc(CCCCC2CCN(N/C=C(\C=NC)CC)CC2)cc1F)N1CC(CC)C1. The zero-order valence-corrected chi connectivity index (χ0v) is 21.7. The molecule has 4 nitrogen and oxygen atoms in total. The topological polar surface area (TPSA) is 30.9 Å². The van der Waals surface area contributed by atoms with Crippen molar-refractivity contribution in [3.8, 4) is 0 Å². The Hall–Kier alpha value is -2.14. The molecule has 2 heterocycles. The van der Waals surface area contributed by atoms with E-state index in [4.69, 9.17) is 0 Å². The quantitative estimate of drug-likeness (QED) is 0.278. The van der Waals surface area contributed by atoms with E-state index in [1.807, 2.05) is 19.3 Å². The number of nitrogens with zero attached hydrogens (tertiary/aromatic N) is 3. The monoisotopic (exact) mass is 468 g/mol. The Balaban J connectivity index is 1.32. The third kappa shape index (κ3) is 7.97. The highest BCUT2D eigenvalue weighted by Gasteiger charge is 2.26. The molecule has 2 fully saturated rings. The first-order chi connectivity index (χ1) is 16.5. The molecule has 0 unspecified atom stereocenters. The van der Waals surface area contributed by atoms with Gasteiger partial charge in [-0.3, -0.25) is 4.99 Å². The zero-order chi connectivity index (χ0) is 24.3. The van der Waals surface area contributed by atoms with Gasteiger partial charge in [0.15, 0.2) is 0 Å². The van der Waals surface area contributed by atoms with Crippen molar-refractivity contribution < 1.29 is 4.39 Å². The molecule has 0 saturated carbocycles. The molecule has 0 spiro atoms. The summed E-state index contributed by atoms with van der Waals surface area (Å²) in [6.07, 6.45) is 13.9. The molecule has 188 valence electrons. The Morgan fingerprint density at radius 1 is 1.18 bits per heavy atom. The summed E-state index contributed by atoms with van der Waals surface area (Å²) in [7, 11) is 1.81. The van der Waals surface area contributed by atoms with Crippen molar-refractivity contribution in [1.29, 1.82) is 0 Å². The van der Waals surface area contributed by atoms with Gasteiger partial charge in [0.1, 0.15) is 5.82 Å². The van der Waals surface area contributed by atoms with Gasteiger partial charge >= 0.3 is 0 Å². The van der Waals surface area contributed by atoms with Gasteiger partial charge in [0.2, 0.25) is 0 Å². The first kappa shape index (κ1) is 26.5. The third-order valence-electron chi connectivity index (χ3n) is 7.57. The van der Waals surface area contributed by atoms with E-state index in [-0.39, 0.29) is 5.82 Å². The number of likely N-dealkylation sites (tertiary alicyclic amines) is 1. The maximum atomic E-state index is 14.7. The Morgan fingerprint density at radius 3 is 2.59 bits per heavy atom. The molecular formula is C29H45FN4. The number of hydrogen-bond acceptors (Lipinski definition) is 4. The smallest absolute Gasteiger partial charge is 0.127 e. The number of aliphatic imine (C=N–C) groups is 1. The molecule has 0 aliphatic carbocycles. The van der Waals surface area contributed by atoms with Crippen LogP contribution >= 0.6 is 0 Å². The summed E-state index contributed by atoms with van der Waals surface area (Å²) in [5, 5.41) is 2.32. The van der Waals surface area contributed by atoms with Crippen LogP contribution in [0, 0.1) is 17.7 Å². The molecule has 34 heavy (non-hydrogen) atoms. The van der Waals surface area contributed by atoms with Gasteiger partial charge < -0.3 is 10.3 Å². The number of nitrogens with one attached hydrogen (secondary N) is 1. The van der Waals surface area contributed by atoms with Crippen LogP contribution in [0.15, 0.2) is 47.2 Å². The molecule has 1 aromatic rings. The van der Waals surface area contributed by atoms with E-state index in [2.05, 4.69) is 53.0 Å². The van der Waals surface area contributed by atoms with E-state index in [0.29, 0.717) is 6.42 Å². The van der Waals surface area contributed by atoms with E-state index in [1.165, 1.54) is 37.7 Å². The first-order valence-corrected chi connectivity index (χ1v) is 13.3. The van der Waals surface area contributed by atoms with Crippen molar-refractivity contribution in [2.75, 3.05) is 33.2 Å². The summed E-state index contributed by atoms with van der Waals surface area (Å²) in [5.74, 6) is 1.52. The standard InChI is InChI=1S/C29H45FN4/c1-5-24(19-31-4)20-32-34-15-13-26(14-16-34)9-7-8-10-27-11-12-28(29(30)18-27)17-23(3)33-21-25(6-2)22-33/h11-12,18-20,25-26,32H,3,5-10,13-17,21-22H2,1-2,4H3/b24-20-,31-19?. The van der Waals surface area contributed by atoms with Gasteiger partial charge in [0.25, 0.3) is 0 Å². The fourth-order valence-corrected chi connectivity index (χ4v) is 4.99. The number of allylic oxidation sites excluding steroid dienone is 2. The molecule has 0 atom stereocenters. The maximum Gasteiger partial charge on any atom is 0.127 e. The summed E-state index contributed by atoms with van der Waals surface area (Å²) in [5.41, 5.74) is 7.61. The van der Waals surface area contributed by atoms with Crippen LogP contribution in [0.3, 0.4) is 0 Å². The van der Waals surface area contributed by atoms with Crippen molar-refractivity contribution >= 4 is 6.21 Å². The van der Waals surface area contributed by atoms with Gasteiger partial charge in [0.05, 0.1) is 0 Å². The molecule has 1 aromatic carbocycles. The number of aryl methyl sites for hydroxylation is 1. The lowest BCUT2D eigenvalue weighted by Crippen LogP contribution is -2.45. The van der Waals surface area contributed by atoms with Crippen LogP contribution in [0.1, 0.15) is 69.9 Å². The minimum absolute atomic E-state index is 0.0726. The van der Waals surface area contributed by atoms with Crippen LogP contribution < -0.4 is 5.43 Å². The van der Waals surface area contributed by atoms with Gasteiger partial charge in [-0.05, 0) is 73.1 Å². The maximum absolute atomic E-state index is 14.7. The van der Waals surface area contributed by atoms with Crippen LogP contribution in [-0.4, -0.2) is 49.4 Å². The van der Waals surface area contributed by atoms with Crippen molar-refractivity contribution in [2.45, 2.75) is 71.6 Å². The Bertz CT molecular complexity index is 833. The molecule has 1 N–H and O–H groups in total.